The summed E-state index contributed by atoms with van der Waals surface area (Å²) < 4.78 is 6.54. The van der Waals surface area contributed by atoms with Crippen molar-refractivity contribution in [3.8, 4) is 0 Å². The van der Waals surface area contributed by atoms with E-state index in [-0.39, 0.29) is 12.5 Å². The molecule has 7 nitrogen and oxygen atoms in total. The summed E-state index contributed by atoms with van der Waals surface area (Å²) in [7, 11) is 0. The fraction of sp³-hybridized carbons (Fsp3) is 0.250. The Balaban J connectivity index is 1.86. The lowest BCUT2D eigenvalue weighted by molar-refractivity contribution is -0.140. The van der Waals surface area contributed by atoms with E-state index in [0.717, 1.165) is 11.0 Å². The van der Waals surface area contributed by atoms with E-state index in [1.807, 2.05) is 6.07 Å². The number of esters is 1. The molecule has 2 heterocycles. The minimum atomic E-state index is -0.335. The maximum Gasteiger partial charge on any atom is 0.325 e. The number of hydrogen-bond donors (Lipinski definition) is 2. The minimum Gasteiger partial charge on any atom is -0.465 e. The van der Waals surface area contributed by atoms with E-state index in [1.54, 1.807) is 23.6 Å². The van der Waals surface area contributed by atoms with Gasteiger partial charge in [0, 0.05) is 5.02 Å². The third-order valence-electron chi connectivity index (χ3n) is 2.73. The highest BCUT2D eigenvalue weighted by atomic mass is 35.5. The van der Waals surface area contributed by atoms with Gasteiger partial charge in [0.25, 0.3) is 5.78 Å². The molecule has 0 aliphatic carbocycles. The summed E-state index contributed by atoms with van der Waals surface area (Å²) in [5, 5.41) is 6.49. The predicted octanol–water partition coefficient (Wildman–Crippen LogP) is 1.84. The van der Waals surface area contributed by atoms with Crippen LogP contribution in [0.25, 0.3) is 16.8 Å². The summed E-state index contributed by atoms with van der Waals surface area (Å²) in [6.07, 6.45) is 0. The molecule has 0 atom stereocenters. The van der Waals surface area contributed by atoms with Gasteiger partial charge in [-0.15, -0.1) is 0 Å². The average Bonchev–Trinajstić information content (AvgIpc) is 2.93. The van der Waals surface area contributed by atoms with Crippen LogP contribution in [0.15, 0.2) is 18.2 Å². The molecular formula is C12H12ClN5O2. The number of carbonyl (C=O) groups is 1. The first kappa shape index (κ1) is 12.7. The van der Waals surface area contributed by atoms with Crippen LogP contribution in [-0.4, -0.2) is 38.7 Å². The van der Waals surface area contributed by atoms with Gasteiger partial charge in [-0.1, -0.05) is 11.6 Å². The first-order valence-electron chi connectivity index (χ1n) is 6.10. The van der Waals surface area contributed by atoms with Crippen LogP contribution >= 0.6 is 11.6 Å². The van der Waals surface area contributed by atoms with Gasteiger partial charge in [0.15, 0.2) is 0 Å². The van der Waals surface area contributed by atoms with Crippen LogP contribution in [-0.2, 0) is 9.53 Å². The van der Waals surface area contributed by atoms with Crippen LogP contribution < -0.4 is 5.32 Å². The Morgan fingerprint density at radius 3 is 3.15 bits per heavy atom. The molecule has 0 bridgehead atoms. The summed E-state index contributed by atoms with van der Waals surface area (Å²) >= 11 is 5.92. The number of halogens is 1. The third kappa shape index (κ3) is 2.27. The van der Waals surface area contributed by atoms with E-state index in [1.165, 1.54) is 0 Å². The lowest BCUT2D eigenvalue weighted by Crippen LogP contribution is -2.17. The second-order valence-corrected chi connectivity index (χ2v) is 4.55. The summed E-state index contributed by atoms with van der Waals surface area (Å²) in [5.74, 6) is 0.629. The molecule has 0 aliphatic rings. The van der Waals surface area contributed by atoms with Crippen molar-refractivity contribution in [3.63, 3.8) is 0 Å². The van der Waals surface area contributed by atoms with E-state index in [4.69, 9.17) is 16.3 Å². The number of carbonyl (C=O) groups excluding carboxylic acids is 1. The number of nitrogens with one attached hydrogen (secondary N) is 2. The number of benzene rings is 1. The van der Waals surface area contributed by atoms with Gasteiger partial charge in [-0.2, -0.15) is 4.98 Å². The number of aromatic nitrogens is 4. The first-order chi connectivity index (χ1) is 9.67. The van der Waals surface area contributed by atoms with Crippen molar-refractivity contribution in [2.75, 3.05) is 18.5 Å². The van der Waals surface area contributed by atoms with Crippen LogP contribution in [0.5, 0.6) is 0 Å². The SMILES string of the molecule is CCOC(=O)CNc1nc2nc3cc(Cl)ccc3n2[nH]1. The molecule has 0 unspecified atom stereocenters. The van der Waals surface area contributed by atoms with Gasteiger partial charge in [0.1, 0.15) is 6.54 Å². The van der Waals surface area contributed by atoms with E-state index in [2.05, 4.69) is 20.4 Å². The highest BCUT2D eigenvalue weighted by Gasteiger charge is 2.10. The third-order valence-corrected chi connectivity index (χ3v) is 2.97. The summed E-state index contributed by atoms with van der Waals surface area (Å²) in [5.41, 5.74) is 1.62. The van der Waals surface area contributed by atoms with E-state index in [0.29, 0.717) is 23.4 Å². The molecule has 0 aliphatic heterocycles. The minimum absolute atomic E-state index is 0.0499. The normalized spacial score (nSPS) is 11.1. The lowest BCUT2D eigenvalue weighted by Gasteiger charge is -2.01. The quantitative estimate of drug-likeness (QED) is 0.717. The van der Waals surface area contributed by atoms with Crippen LogP contribution in [0.2, 0.25) is 5.02 Å². The molecule has 20 heavy (non-hydrogen) atoms. The number of aromatic amines is 1. The second-order valence-electron chi connectivity index (χ2n) is 4.11. The molecular weight excluding hydrogens is 282 g/mol. The van der Waals surface area contributed by atoms with Crippen molar-refractivity contribution in [1.29, 1.82) is 0 Å². The Kier molecular flexibility index (Phi) is 3.19. The molecule has 0 amide bonds. The molecule has 2 N–H and O–H groups in total. The van der Waals surface area contributed by atoms with Crippen molar-refractivity contribution < 1.29 is 9.53 Å². The van der Waals surface area contributed by atoms with Crippen molar-refractivity contribution in [2.45, 2.75) is 6.92 Å². The summed E-state index contributed by atoms with van der Waals surface area (Å²) in [6, 6.07) is 5.40. The molecule has 0 saturated heterocycles. The number of fused-ring (bicyclic) bond motifs is 3. The van der Waals surface area contributed by atoms with Crippen LogP contribution in [0, 0.1) is 0 Å². The number of ether oxygens (including phenoxy) is 1. The molecule has 3 aromatic rings. The van der Waals surface area contributed by atoms with Crippen molar-refractivity contribution in [1.82, 2.24) is 19.6 Å². The lowest BCUT2D eigenvalue weighted by atomic mass is 10.3. The Morgan fingerprint density at radius 1 is 1.50 bits per heavy atom. The standard InChI is InChI=1S/C12H12ClN5O2/c1-2-20-10(19)6-14-11-16-12-15-8-5-7(13)3-4-9(8)18(12)17-11/h3-5H,2,6H2,1H3,(H2,14,15,16,17). The van der Waals surface area contributed by atoms with Crippen molar-refractivity contribution in [3.05, 3.63) is 23.2 Å². The highest BCUT2D eigenvalue weighted by molar-refractivity contribution is 6.31. The molecule has 8 heteroatoms. The fourth-order valence-electron chi connectivity index (χ4n) is 1.90. The van der Waals surface area contributed by atoms with E-state index < -0.39 is 0 Å². The Labute approximate surface area is 118 Å². The van der Waals surface area contributed by atoms with Gasteiger partial charge >= 0.3 is 5.97 Å². The van der Waals surface area contributed by atoms with Gasteiger partial charge in [0.2, 0.25) is 5.95 Å². The number of nitrogens with zero attached hydrogens (tertiary/aromatic N) is 3. The zero-order valence-corrected chi connectivity index (χ0v) is 11.4. The molecule has 2 aromatic heterocycles. The molecule has 104 valence electrons. The molecule has 0 spiro atoms. The zero-order valence-electron chi connectivity index (χ0n) is 10.7. The van der Waals surface area contributed by atoms with E-state index in [9.17, 15) is 4.79 Å². The maximum atomic E-state index is 11.3. The molecule has 3 rings (SSSR count). The first-order valence-corrected chi connectivity index (χ1v) is 6.48. The number of hydrogen-bond acceptors (Lipinski definition) is 5. The number of anilines is 1. The molecule has 0 fully saturated rings. The van der Waals surface area contributed by atoms with Gasteiger partial charge in [0.05, 0.1) is 17.6 Å². The molecule has 1 aromatic carbocycles. The largest absolute Gasteiger partial charge is 0.465 e. The summed E-state index contributed by atoms with van der Waals surface area (Å²) in [4.78, 5) is 19.8. The van der Waals surface area contributed by atoms with Gasteiger partial charge < -0.3 is 10.1 Å². The molecule has 0 radical (unpaired) electrons. The average molecular weight is 294 g/mol. The van der Waals surface area contributed by atoms with Crippen LogP contribution in [0.3, 0.4) is 0 Å². The fourth-order valence-corrected chi connectivity index (χ4v) is 2.07. The van der Waals surface area contributed by atoms with Crippen LogP contribution in [0.4, 0.5) is 5.95 Å². The second kappa shape index (κ2) is 5.01. The number of imidazole rings is 1. The van der Waals surface area contributed by atoms with Crippen molar-refractivity contribution >= 4 is 40.3 Å². The Morgan fingerprint density at radius 2 is 2.35 bits per heavy atom. The Bertz CT molecular complexity index is 779. The summed E-state index contributed by atoms with van der Waals surface area (Å²) in [6.45, 7) is 2.16. The molecule has 0 saturated carbocycles. The van der Waals surface area contributed by atoms with E-state index >= 15 is 0 Å². The van der Waals surface area contributed by atoms with Crippen LogP contribution in [0.1, 0.15) is 6.92 Å². The van der Waals surface area contributed by atoms with Gasteiger partial charge in [-0.05, 0) is 25.1 Å². The maximum absolute atomic E-state index is 11.3. The smallest absolute Gasteiger partial charge is 0.325 e. The topological polar surface area (TPSA) is 84.3 Å². The van der Waals surface area contributed by atoms with Gasteiger partial charge in [-0.25, -0.2) is 9.50 Å². The van der Waals surface area contributed by atoms with Crippen molar-refractivity contribution in [2.24, 2.45) is 0 Å². The zero-order chi connectivity index (χ0) is 14.1. The number of H-pyrrole nitrogens is 1. The Hall–Kier alpha value is -2.28. The highest BCUT2D eigenvalue weighted by Crippen LogP contribution is 2.20. The predicted molar refractivity (Wildman–Crippen MR) is 75.0 cm³/mol. The number of rotatable bonds is 4. The van der Waals surface area contributed by atoms with Gasteiger partial charge in [-0.3, -0.25) is 9.89 Å². The monoisotopic (exact) mass is 293 g/mol.